The minimum absolute atomic E-state index is 0.351. The Balaban J connectivity index is 2.08. The van der Waals surface area contributed by atoms with Crippen LogP contribution in [0.4, 0.5) is 0 Å². The minimum atomic E-state index is 0.351. The van der Waals surface area contributed by atoms with Gasteiger partial charge in [-0.3, -0.25) is 0 Å². The molecule has 0 aromatic carbocycles. The maximum absolute atomic E-state index is 4.55. The molecule has 0 spiro atoms. The lowest BCUT2D eigenvalue weighted by atomic mass is 9.91. The molecule has 1 aliphatic heterocycles. The molecule has 1 fully saturated rings. The fourth-order valence-corrected chi connectivity index (χ4v) is 3.14. The molecule has 1 atom stereocenters. The first kappa shape index (κ1) is 10.1. The topological polar surface area (TPSA) is 24.9 Å². The van der Waals surface area contributed by atoms with Gasteiger partial charge >= 0.3 is 0 Å². The first-order valence-corrected chi connectivity index (χ1v) is 6.28. The first-order chi connectivity index (χ1) is 6.74. The van der Waals surface area contributed by atoms with Crippen LogP contribution < -0.4 is 5.32 Å². The van der Waals surface area contributed by atoms with E-state index in [2.05, 4.69) is 29.5 Å². The summed E-state index contributed by atoms with van der Waals surface area (Å²) >= 11 is 1.80. The van der Waals surface area contributed by atoms with Crippen LogP contribution in [0.1, 0.15) is 36.9 Å². The minimum Gasteiger partial charge on any atom is -0.311 e. The molecule has 1 unspecified atom stereocenters. The molecule has 2 rings (SSSR count). The van der Waals surface area contributed by atoms with E-state index in [1.807, 2.05) is 0 Å². The first-order valence-electron chi connectivity index (χ1n) is 5.40. The number of thiazole rings is 1. The molecule has 14 heavy (non-hydrogen) atoms. The van der Waals surface area contributed by atoms with Crippen LogP contribution in [0.15, 0.2) is 5.38 Å². The van der Waals surface area contributed by atoms with Gasteiger partial charge in [-0.2, -0.15) is 0 Å². The van der Waals surface area contributed by atoms with Crippen LogP contribution in [0, 0.1) is 6.92 Å². The van der Waals surface area contributed by atoms with Gasteiger partial charge in [0, 0.05) is 23.0 Å². The number of rotatable bonds is 3. The van der Waals surface area contributed by atoms with Crippen molar-refractivity contribution in [2.45, 2.75) is 45.1 Å². The standard InChI is InChI=1S/C11H18N2S/c1-3-11(5-4-6-12-11)7-10-13-9(2)8-14-10/h8,12H,3-7H2,1-2H3. The summed E-state index contributed by atoms with van der Waals surface area (Å²) in [6.07, 6.45) is 4.95. The fourth-order valence-electron chi connectivity index (χ4n) is 2.22. The summed E-state index contributed by atoms with van der Waals surface area (Å²) in [6.45, 7) is 5.53. The van der Waals surface area contributed by atoms with Gasteiger partial charge < -0.3 is 5.32 Å². The maximum Gasteiger partial charge on any atom is 0.0946 e. The lowest BCUT2D eigenvalue weighted by molar-refractivity contribution is 0.359. The third-order valence-electron chi connectivity index (χ3n) is 3.17. The van der Waals surface area contributed by atoms with Crippen LogP contribution in [0.25, 0.3) is 0 Å². The smallest absolute Gasteiger partial charge is 0.0946 e. The molecule has 0 radical (unpaired) electrons. The summed E-state index contributed by atoms with van der Waals surface area (Å²) in [7, 11) is 0. The molecule has 1 aromatic rings. The molecule has 0 amide bonds. The third kappa shape index (κ3) is 1.98. The van der Waals surface area contributed by atoms with E-state index in [1.165, 1.54) is 30.8 Å². The van der Waals surface area contributed by atoms with E-state index in [0.29, 0.717) is 5.54 Å². The van der Waals surface area contributed by atoms with Crippen LogP contribution in [0.3, 0.4) is 0 Å². The van der Waals surface area contributed by atoms with Crippen LogP contribution in [0.2, 0.25) is 0 Å². The fraction of sp³-hybridized carbons (Fsp3) is 0.727. The number of nitrogens with one attached hydrogen (secondary N) is 1. The lowest BCUT2D eigenvalue weighted by Crippen LogP contribution is -2.41. The molecule has 78 valence electrons. The van der Waals surface area contributed by atoms with Crippen LogP contribution in [0.5, 0.6) is 0 Å². The molecule has 1 N–H and O–H groups in total. The highest BCUT2D eigenvalue weighted by molar-refractivity contribution is 7.09. The second-order valence-electron chi connectivity index (χ2n) is 4.22. The Bertz CT molecular complexity index is 300. The summed E-state index contributed by atoms with van der Waals surface area (Å²) in [5.74, 6) is 0. The van der Waals surface area contributed by atoms with Gasteiger partial charge in [-0.15, -0.1) is 11.3 Å². The molecule has 1 aliphatic rings. The Kier molecular flexibility index (Phi) is 2.88. The average Bonchev–Trinajstić information content (AvgIpc) is 2.77. The summed E-state index contributed by atoms with van der Waals surface area (Å²) in [5, 5.41) is 7.08. The highest BCUT2D eigenvalue weighted by atomic mass is 32.1. The third-order valence-corrected chi connectivity index (χ3v) is 4.13. The number of aromatic nitrogens is 1. The van der Waals surface area contributed by atoms with Crippen LogP contribution in [-0.2, 0) is 6.42 Å². The number of aryl methyl sites for hydroxylation is 1. The monoisotopic (exact) mass is 210 g/mol. The van der Waals surface area contributed by atoms with E-state index in [4.69, 9.17) is 0 Å². The normalized spacial score (nSPS) is 27.0. The molecular weight excluding hydrogens is 192 g/mol. The molecule has 1 aromatic heterocycles. The second kappa shape index (κ2) is 3.99. The number of nitrogens with zero attached hydrogens (tertiary/aromatic N) is 1. The summed E-state index contributed by atoms with van der Waals surface area (Å²) in [6, 6.07) is 0. The van der Waals surface area contributed by atoms with Gasteiger partial charge in [0.15, 0.2) is 0 Å². The molecule has 0 saturated carbocycles. The van der Waals surface area contributed by atoms with Crippen molar-refractivity contribution in [2.24, 2.45) is 0 Å². The Morgan fingerprint density at radius 2 is 2.50 bits per heavy atom. The van der Waals surface area contributed by atoms with Crippen molar-refractivity contribution in [3.8, 4) is 0 Å². The highest BCUT2D eigenvalue weighted by Gasteiger charge is 2.32. The van der Waals surface area contributed by atoms with Gasteiger partial charge in [-0.1, -0.05) is 6.92 Å². The Morgan fingerprint density at radius 1 is 1.64 bits per heavy atom. The van der Waals surface area contributed by atoms with Crippen LogP contribution >= 0.6 is 11.3 Å². The molecule has 1 saturated heterocycles. The maximum atomic E-state index is 4.55. The van der Waals surface area contributed by atoms with Gasteiger partial charge in [0.2, 0.25) is 0 Å². The summed E-state index contributed by atoms with van der Waals surface area (Å²) in [5.41, 5.74) is 1.51. The van der Waals surface area contributed by atoms with Crippen molar-refractivity contribution in [1.29, 1.82) is 0 Å². The van der Waals surface area contributed by atoms with Gasteiger partial charge in [0.05, 0.1) is 5.01 Å². The number of hydrogen-bond acceptors (Lipinski definition) is 3. The Morgan fingerprint density at radius 3 is 3.00 bits per heavy atom. The Labute approximate surface area is 89.8 Å². The predicted octanol–water partition coefficient (Wildman–Crippen LogP) is 2.53. The second-order valence-corrected chi connectivity index (χ2v) is 5.17. The predicted molar refractivity (Wildman–Crippen MR) is 60.8 cm³/mol. The van der Waals surface area contributed by atoms with E-state index in [-0.39, 0.29) is 0 Å². The zero-order valence-electron chi connectivity index (χ0n) is 8.97. The lowest BCUT2D eigenvalue weighted by Gasteiger charge is -2.26. The quantitative estimate of drug-likeness (QED) is 0.829. The van der Waals surface area contributed by atoms with E-state index in [9.17, 15) is 0 Å². The van der Waals surface area contributed by atoms with Gasteiger partial charge in [-0.05, 0) is 32.7 Å². The van der Waals surface area contributed by atoms with E-state index < -0.39 is 0 Å². The van der Waals surface area contributed by atoms with Crippen molar-refractivity contribution in [1.82, 2.24) is 10.3 Å². The summed E-state index contributed by atoms with van der Waals surface area (Å²) < 4.78 is 0. The molecular formula is C11H18N2S. The van der Waals surface area contributed by atoms with E-state index >= 15 is 0 Å². The van der Waals surface area contributed by atoms with Crippen LogP contribution in [-0.4, -0.2) is 17.1 Å². The molecule has 0 aliphatic carbocycles. The van der Waals surface area contributed by atoms with Crippen molar-refractivity contribution in [2.75, 3.05) is 6.54 Å². The van der Waals surface area contributed by atoms with Gasteiger partial charge in [0.1, 0.15) is 0 Å². The van der Waals surface area contributed by atoms with Crippen molar-refractivity contribution in [3.63, 3.8) is 0 Å². The largest absolute Gasteiger partial charge is 0.311 e. The SMILES string of the molecule is CCC1(Cc2nc(C)cs2)CCCN1. The van der Waals surface area contributed by atoms with Crippen molar-refractivity contribution >= 4 is 11.3 Å². The van der Waals surface area contributed by atoms with Gasteiger partial charge in [-0.25, -0.2) is 4.98 Å². The molecule has 0 bridgehead atoms. The van der Waals surface area contributed by atoms with Gasteiger partial charge in [0.25, 0.3) is 0 Å². The zero-order chi connectivity index (χ0) is 10.0. The molecule has 2 nitrogen and oxygen atoms in total. The molecule has 3 heteroatoms. The zero-order valence-corrected chi connectivity index (χ0v) is 9.78. The average molecular weight is 210 g/mol. The van der Waals surface area contributed by atoms with Crippen molar-refractivity contribution in [3.05, 3.63) is 16.1 Å². The van der Waals surface area contributed by atoms with Crippen molar-refractivity contribution < 1.29 is 0 Å². The number of hydrogen-bond donors (Lipinski definition) is 1. The Hall–Kier alpha value is -0.410. The molecule has 2 heterocycles. The highest BCUT2D eigenvalue weighted by Crippen LogP contribution is 2.28. The van der Waals surface area contributed by atoms with E-state index in [1.54, 1.807) is 11.3 Å². The summed E-state index contributed by atoms with van der Waals surface area (Å²) in [4.78, 5) is 4.55. The van der Waals surface area contributed by atoms with E-state index in [0.717, 1.165) is 12.1 Å².